The molecule has 1 aliphatic rings. The zero-order valence-electron chi connectivity index (χ0n) is 14.7. The monoisotopic (exact) mass is 337 g/mol. The maximum absolute atomic E-state index is 12.3. The van der Waals surface area contributed by atoms with Crippen LogP contribution in [-0.2, 0) is 4.79 Å². The van der Waals surface area contributed by atoms with E-state index in [1.807, 2.05) is 48.5 Å². The highest BCUT2D eigenvalue weighted by molar-refractivity contribution is 6.35. The number of para-hydroxylation sites is 1. The van der Waals surface area contributed by atoms with E-state index in [0.29, 0.717) is 18.8 Å². The Labute approximate surface area is 148 Å². The van der Waals surface area contributed by atoms with E-state index in [0.717, 1.165) is 41.2 Å². The number of nitrogens with one attached hydrogen (secondary N) is 1. The highest BCUT2D eigenvalue weighted by Crippen LogP contribution is 2.35. The summed E-state index contributed by atoms with van der Waals surface area (Å²) < 4.78 is 11.6. The number of hydrogen-bond acceptors (Lipinski definition) is 3. The van der Waals surface area contributed by atoms with Gasteiger partial charge in [-0.2, -0.15) is 0 Å². The molecular weight excluding hydrogens is 314 g/mol. The maximum Gasteiger partial charge on any atom is 0.256 e. The van der Waals surface area contributed by atoms with E-state index in [1.54, 1.807) is 0 Å². The normalized spacial score (nSPS) is 14.3. The van der Waals surface area contributed by atoms with Gasteiger partial charge in [0.05, 0.1) is 13.2 Å². The third-order valence-electron chi connectivity index (χ3n) is 3.93. The topological polar surface area (TPSA) is 47.6 Å². The molecule has 0 aromatic heterocycles. The summed E-state index contributed by atoms with van der Waals surface area (Å²) in [5.74, 6) is 1.43. The Bertz CT molecular complexity index is 795. The van der Waals surface area contributed by atoms with Gasteiger partial charge in [0.2, 0.25) is 0 Å². The second-order valence-electron chi connectivity index (χ2n) is 5.95. The predicted octanol–water partition coefficient (Wildman–Crippen LogP) is 4.76. The smallest absolute Gasteiger partial charge is 0.256 e. The molecule has 0 radical (unpaired) electrons. The van der Waals surface area contributed by atoms with Crippen LogP contribution >= 0.6 is 0 Å². The number of ether oxygens (including phenoxy) is 2. The first-order valence-corrected chi connectivity index (χ1v) is 8.75. The lowest BCUT2D eigenvalue weighted by Crippen LogP contribution is -2.04. The van der Waals surface area contributed by atoms with Gasteiger partial charge in [-0.3, -0.25) is 4.79 Å². The van der Waals surface area contributed by atoms with Crippen LogP contribution in [-0.4, -0.2) is 19.1 Å². The van der Waals surface area contributed by atoms with Crippen molar-refractivity contribution in [1.82, 2.24) is 0 Å². The molecule has 0 bridgehead atoms. The van der Waals surface area contributed by atoms with E-state index < -0.39 is 0 Å². The van der Waals surface area contributed by atoms with Crippen LogP contribution in [0.4, 0.5) is 5.69 Å². The number of benzene rings is 2. The summed E-state index contributed by atoms with van der Waals surface area (Å²) in [5, 5.41) is 2.90. The second kappa shape index (κ2) is 7.88. The molecule has 1 amide bonds. The number of anilines is 1. The van der Waals surface area contributed by atoms with Crippen molar-refractivity contribution in [2.24, 2.45) is 0 Å². The van der Waals surface area contributed by atoms with Crippen molar-refractivity contribution in [3.63, 3.8) is 0 Å². The number of hydrogen-bond donors (Lipinski definition) is 1. The summed E-state index contributed by atoms with van der Waals surface area (Å²) in [7, 11) is 0. The van der Waals surface area contributed by atoms with Gasteiger partial charge in [0, 0.05) is 28.5 Å². The molecule has 0 aliphatic carbocycles. The van der Waals surface area contributed by atoms with Gasteiger partial charge in [0.1, 0.15) is 11.5 Å². The Morgan fingerprint density at radius 1 is 1.00 bits per heavy atom. The van der Waals surface area contributed by atoms with Gasteiger partial charge in [-0.05, 0) is 37.1 Å². The molecule has 0 spiro atoms. The molecule has 4 nitrogen and oxygen atoms in total. The Morgan fingerprint density at radius 2 is 1.76 bits per heavy atom. The lowest BCUT2D eigenvalue weighted by molar-refractivity contribution is -0.110. The third kappa shape index (κ3) is 3.85. The summed E-state index contributed by atoms with van der Waals surface area (Å²) in [4.78, 5) is 12.3. The molecule has 0 atom stereocenters. The molecule has 0 saturated carbocycles. The molecule has 3 rings (SSSR count). The van der Waals surface area contributed by atoms with Gasteiger partial charge < -0.3 is 14.8 Å². The zero-order chi connectivity index (χ0) is 17.6. The average molecular weight is 337 g/mol. The van der Waals surface area contributed by atoms with E-state index in [2.05, 4.69) is 19.2 Å². The predicted molar refractivity (Wildman–Crippen MR) is 101 cm³/mol. The fraction of sp³-hybridized carbons (Fsp3) is 0.286. The standard InChI is InChI=1S/C21H23NO3/c1-3-11-24-16-10-9-15(20(14-16)25-12-4-2)13-18-17-7-5-6-8-19(17)22-21(18)23/h5-10,13-14H,3-4,11-12H2,1-2H3,(H,22,23)/b18-13+. The Morgan fingerprint density at radius 3 is 2.56 bits per heavy atom. The van der Waals surface area contributed by atoms with Crippen LogP contribution in [0.2, 0.25) is 0 Å². The van der Waals surface area contributed by atoms with Crippen LogP contribution in [0.1, 0.15) is 37.8 Å². The van der Waals surface area contributed by atoms with Crippen LogP contribution in [0.15, 0.2) is 42.5 Å². The number of rotatable bonds is 7. The Balaban J connectivity index is 1.97. The van der Waals surface area contributed by atoms with Crippen molar-refractivity contribution in [2.45, 2.75) is 26.7 Å². The van der Waals surface area contributed by atoms with Gasteiger partial charge in [0.15, 0.2) is 0 Å². The van der Waals surface area contributed by atoms with Gasteiger partial charge in [-0.15, -0.1) is 0 Å². The molecule has 25 heavy (non-hydrogen) atoms. The molecule has 2 aromatic rings. The summed E-state index contributed by atoms with van der Waals surface area (Å²) in [6.45, 7) is 5.43. The highest BCUT2D eigenvalue weighted by atomic mass is 16.5. The largest absolute Gasteiger partial charge is 0.493 e. The fourth-order valence-corrected chi connectivity index (χ4v) is 2.72. The third-order valence-corrected chi connectivity index (χ3v) is 3.93. The lowest BCUT2D eigenvalue weighted by Gasteiger charge is -2.12. The molecular formula is C21H23NO3. The molecule has 0 saturated heterocycles. The van der Waals surface area contributed by atoms with E-state index in [4.69, 9.17) is 9.47 Å². The van der Waals surface area contributed by atoms with Crippen molar-refractivity contribution in [3.05, 3.63) is 53.6 Å². The van der Waals surface area contributed by atoms with Crippen molar-refractivity contribution >= 4 is 23.2 Å². The molecule has 2 aromatic carbocycles. The second-order valence-corrected chi connectivity index (χ2v) is 5.95. The highest BCUT2D eigenvalue weighted by Gasteiger charge is 2.23. The lowest BCUT2D eigenvalue weighted by atomic mass is 10.0. The van der Waals surface area contributed by atoms with E-state index >= 15 is 0 Å². The number of fused-ring (bicyclic) bond motifs is 1. The quantitative estimate of drug-likeness (QED) is 0.741. The minimum atomic E-state index is -0.0889. The first-order chi connectivity index (χ1) is 12.2. The Kier molecular flexibility index (Phi) is 5.39. The van der Waals surface area contributed by atoms with Crippen LogP contribution < -0.4 is 14.8 Å². The van der Waals surface area contributed by atoms with Crippen LogP contribution in [0, 0.1) is 0 Å². The number of carbonyl (C=O) groups is 1. The van der Waals surface area contributed by atoms with Crippen molar-refractivity contribution in [2.75, 3.05) is 18.5 Å². The van der Waals surface area contributed by atoms with Crippen molar-refractivity contribution in [1.29, 1.82) is 0 Å². The molecule has 1 aliphatic heterocycles. The summed E-state index contributed by atoms with van der Waals surface area (Å²) in [6, 6.07) is 13.5. The van der Waals surface area contributed by atoms with Crippen LogP contribution in [0.3, 0.4) is 0 Å². The maximum atomic E-state index is 12.3. The summed E-state index contributed by atoms with van der Waals surface area (Å²) in [6.07, 6.45) is 3.75. The Hall–Kier alpha value is -2.75. The SMILES string of the molecule is CCCOc1ccc(/C=C2/C(=O)Nc3ccccc32)c(OCCC)c1. The van der Waals surface area contributed by atoms with Gasteiger partial charge >= 0.3 is 0 Å². The average Bonchev–Trinajstić information content (AvgIpc) is 2.95. The van der Waals surface area contributed by atoms with Gasteiger partial charge in [-0.1, -0.05) is 32.0 Å². The molecule has 0 fully saturated rings. The summed E-state index contributed by atoms with van der Waals surface area (Å²) >= 11 is 0. The molecule has 1 heterocycles. The first-order valence-electron chi connectivity index (χ1n) is 8.75. The van der Waals surface area contributed by atoms with E-state index in [9.17, 15) is 4.79 Å². The summed E-state index contributed by atoms with van der Waals surface area (Å²) in [5.41, 5.74) is 3.29. The molecule has 1 N–H and O–H groups in total. The minimum Gasteiger partial charge on any atom is -0.493 e. The van der Waals surface area contributed by atoms with E-state index in [1.165, 1.54) is 0 Å². The van der Waals surface area contributed by atoms with Crippen LogP contribution in [0.5, 0.6) is 11.5 Å². The number of carbonyl (C=O) groups excluding carboxylic acids is 1. The fourth-order valence-electron chi connectivity index (χ4n) is 2.72. The van der Waals surface area contributed by atoms with E-state index in [-0.39, 0.29) is 5.91 Å². The van der Waals surface area contributed by atoms with Gasteiger partial charge in [-0.25, -0.2) is 0 Å². The van der Waals surface area contributed by atoms with Crippen molar-refractivity contribution < 1.29 is 14.3 Å². The molecule has 0 unspecified atom stereocenters. The van der Waals surface area contributed by atoms with Crippen LogP contribution in [0.25, 0.3) is 11.6 Å². The molecule has 4 heteroatoms. The minimum absolute atomic E-state index is 0.0889. The first kappa shape index (κ1) is 17.1. The zero-order valence-corrected chi connectivity index (χ0v) is 14.7. The van der Waals surface area contributed by atoms with Crippen molar-refractivity contribution in [3.8, 4) is 11.5 Å². The molecule has 130 valence electrons. The van der Waals surface area contributed by atoms with Gasteiger partial charge in [0.25, 0.3) is 5.91 Å². The number of amides is 1.